The second kappa shape index (κ2) is 6.15. The Morgan fingerprint density at radius 1 is 1.47 bits per heavy atom. The fraction of sp³-hybridized carbons (Fsp3) is 0.364. The van der Waals surface area contributed by atoms with Gasteiger partial charge in [0.05, 0.1) is 5.56 Å². The molecule has 17 heavy (non-hydrogen) atoms. The summed E-state index contributed by atoms with van der Waals surface area (Å²) in [5.74, 6) is 0.599. The molecule has 1 aromatic rings. The Hall–Kier alpha value is -1.69. The van der Waals surface area contributed by atoms with Crippen molar-refractivity contribution in [1.29, 1.82) is 0 Å². The van der Waals surface area contributed by atoms with Crippen LogP contribution in [0.1, 0.15) is 18.2 Å². The summed E-state index contributed by atoms with van der Waals surface area (Å²) >= 11 is 4.94. The highest BCUT2D eigenvalue weighted by molar-refractivity contribution is 7.80. The molecule has 0 aliphatic carbocycles. The van der Waals surface area contributed by atoms with Crippen LogP contribution in [-0.4, -0.2) is 29.0 Å². The van der Waals surface area contributed by atoms with Gasteiger partial charge in [-0.15, -0.1) is 0 Å². The van der Waals surface area contributed by atoms with Gasteiger partial charge in [-0.3, -0.25) is 4.79 Å². The maximum atomic E-state index is 10.7. The van der Waals surface area contributed by atoms with Crippen LogP contribution in [0.3, 0.4) is 0 Å². The van der Waals surface area contributed by atoms with E-state index in [-0.39, 0.29) is 5.91 Å². The van der Waals surface area contributed by atoms with Gasteiger partial charge in [-0.25, -0.2) is 4.98 Å². The smallest absolute Gasteiger partial charge is 0.216 e. The number of amides is 1. The maximum Gasteiger partial charge on any atom is 0.216 e. The number of nitrogens with zero attached hydrogens (tertiary/aromatic N) is 1. The SMILES string of the molecule is CC(=O)NCCNc1nc(C)ccc1C(N)=S. The molecule has 0 saturated heterocycles. The number of thiocarbonyl (C=S) groups is 1. The first-order valence-electron chi connectivity index (χ1n) is 5.26. The van der Waals surface area contributed by atoms with Crippen LogP contribution in [0.5, 0.6) is 0 Å². The number of aromatic nitrogens is 1. The number of hydrogen-bond acceptors (Lipinski definition) is 4. The number of hydrogen-bond donors (Lipinski definition) is 3. The third-order valence-electron chi connectivity index (χ3n) is 2.09. The van der Waals surface area contributed by atoms with E-state index in [9.17, 15) is 4.79 Å². The number of aryl methyl sites for hydroxylation is 1. The zero-order valence-corrected chi connectivity index (χ0v) is 10.7. The molecule has 0 aliphatic heterocycles. The molecule has 1 heterocycles. The molecule has 1 rings (SSSR count). The molecule has 1 amide bonds. The molecule has 5 nitrogen and oxygen atoms in total. The number of pyridine rings is 1. The lowest BCUT2D eigenvalue weighted by atomic mass is 10.2. The van der Waals surface area contributed by atoms with Gasteiger partial charge in [-0.1, -0.05) is 12.2 Å². The normalized spacial score (nSPS) is 9.76. The van der Waals surface area contributed by atoms with Crippen molar-refractivity contribution in [2.75, 3.05) is 18.4 Å². The average molecular weight is 252 g/mol. The van der Waals surface area contributed by atoms with E-state index >= 15 is 0 Å². The number of carbonyl (C=O) groups is 1. The first kappa shape index (κ1) is 13.4. The molecule has 4 N–H and O–H groups in total. The van der Waals surface area contributed by atoms with Crippen LogP contribution in [0.2, 0.25) is 0 Å². The van der Waals surface area contributed by atoms with E-state index in [2.05, 4.69) is 15.6 Å². The highest BCUT2D eigenvalue weighted by Gasteiger charge is 2.06. The third-order valence-corrected chi connectivity index (χ3v) is 2.31. The van der Waals surface area contributed by atoms with Crippen molar-refractivity contribution in [2.24, 2.45) is 5.73 Å². The van der Waals surface area contributed by atoms with Crippen molar-refractivity contribution >= 4 is 28.9 Å². The van der Waals surface area contributed by atoms with E-state index in [1.807, 2.05) is 19.1 Å². The van der Waals surface area contributed by atoms with Crippen LogP contribution in [-0.2, 0) is 4.79 Å². The van der Waals surface area contributed by atoms with Crippen molar-refractivity contribution in [3.05, 3.63) is 23.4 Å². The first-order chi connectivity index (χ1) is 8.00. The summed E-state index contributed by atoms with van der Waals surface area (Å²) in [5.41, 5.74) is 7.20. The minimum atomic E-state index is -0.0569. The minimum Gasteiger partial charge on any atom is -0.389 e. The van der Waals surface area contributed by atoms with Gasteiger partial charge in [0, 0.05) is 25.7 Å². The molecule has 0 spiro atoms. The number of rotatable bonds is 5. The summed E-state index contributed by atoms with van der Waals surface area (Å²) in [6, 6.07) is 3.69. The van der Waals surface area contributed by atoms with Crippen LogP contribution < -0.4 is 16.4 Å². The van der Waals surface area contributed by atoms with Gasteiger partial charge in [0.25, 0.3) is 0 Å². The zero-order chi connectivity index (χ0) is 12.8. The Bertz CT molecular complexity index is 433. The maximum absolute atomic E-state index is 10.7. The Morgan fingerprint density at radius 3 is 2.76 bits per heavy atom. The van der Waals surface area contributed by atoms with Gasteiger partial charge in [-0.2, -0.15) is 0 Å². The summed E-state index contributed by atoms with van der Waals surface area (Å²) in [5, 5.41) is 5.78. The lowest BCUT2D eigenvalue weighted by Crippen LogP contribution is -2.27. The summed E-state index contributed by atoms with van der Waals surface area (Å²) in [6.45, 7) is 4.47. The van der Waals surface area contributed by atoms with E-state index in [4.69, 9.17) is 18.0 Å². The van der Waals surface area contributed by atoms with Gasteiger partial charge in [0.15, 0.2) is 0 Å². The molecule has 0 bridgehead atoms. The predicted molar refractivity (Wildman–Crippen MR) is 72.0 cm³/mol. The molecule has 0 aromatic carbocycles. The van der Waals surface area contributed by atoms with Gasteiger partial charge >= 0.3 is 0 Å². The first-order valence-corrected chi connectivity index (χ1v) is 5.67. The largest absolute Gasteiger partial charge is 0.389 e. The Morgan fingerprint density at radius 2 is 2.18 bits per heavy atom. The molecule has 92 valence electrons. The Labute approximate surface area is 106 Å². The number of nitrogens with two attached hydrogens (primary N) is 1. The quantitative estimate of drug-likeness (QED) is 0.527. The topological polar surface area (TPSA) is 80.0 Å². The standard InChI is InChI=1S/C11H16N4OS/c1-7-3-4-9(10(12)17)11(15-7)14-6-5-13-8(2)16/h3-4H,5-6H2,1-2H3,(H2,12,17)(H,13,16)(H,14,15). The molecule has 0 saturated carbocycles. The predicted octanol–water partition coefficient (Wildman–Crippen LogP) is 0.572. The van der Waals surface area contributed by atoms with Gasteiger partial charge in [-0.05, 0) is 19.1 Å². The van der Waals surface area contributed by atoms with E-state index < -0.39 is 0 Å². The molecule has 0 unspecified atom stereocenters. The molecular formula is C11H16N4OS. The highest BCUT2D eigenvalue weighted by atomic mass is 32.1. The molecule has 6 heteroatoms. The van der Waals surface area contributed by atoms with Crippen molar-refractivity contribution in [3.63, 3.8) is 0 Å². The number of anilines is 1. The molecular weight excluding hydrogens is 236 g/mol. The van der Waals surface area contributed by atoms with Gasteiger partial charge < -0.3 is 16.4 Å². The lowest BCUT2D eigenvalue weighted by Gasteiger charge is -2.11. The van der Waals surface area contributed by atoms with E-state index in [0.717, 1.165) is 5.69 Å². The van der Waals surface area contributed by atoms with Crippen molar-refractivity contribution in [2.45, 2.75) is 13.8 Å². The fourth-order valence-corrected chi connectivity index (χ4v) is 1.47. The van der Waals surface area contributed by atoms with Crippen molar-refractivity contribution in [3.8, 4) is 0 Å². The summed E-state index contributed by atoms with van der Waals surface area (Å²) in [4.78, 5) is 15.3. The third kappa shape index (κ3) is 4.36. The summed E-state index contributed by atoms with van der Waals surface area (Å²) < 4.78 is 0. The fourth-order valence-electron chi connectivity index (χ4n) is 1.31. The minimum absolute atomic E-state index is 0.0569. The van der Waals surface area contributed by atoms with Crippen LogP contribution in [0, 0.1) is 6.92 Å². The summed E-state index contributed by atoms with van der Waals surface area (Å²) in [6.07, 6.45) is 0. The Kier molecular flexibility index (Phi) is 4.84. The van der Waals surface area contributed by atoms with Crippen LogP contribution in [0.4, 0.5) is 5.82 Å². The second-order valence-corrected chi connectivity index (χ2v) is 4.06. The number of carbonyl (C=O) groups excluding carboxylic acids is 1. The summed E-state index contributed by atoms with van der Waals surface area (Å²) in [7, 11) is 0. The van der Waals surface area contributed by atoms with Crippen molar-refractivity contribution < 1.29 is 4.79 Å². The molecule has 0 fully saturated rings. The van der Waals surface area contributed by atoms with Crippen LogP contribution in [0.15, 0.2) is 12.1 Å². The monoisotopic (exact) mass is 252 g/mol. The number of nitrogens with one attached hydrogen (secondary N) is 2. The molecule has 0 atom stereocenters. The lowest BCUT2D eigenvalue weighted by molar-refractivity contribution is -0.118. The Balaban J connectivity index is 2.65. The molecule has 1 aromatic heterocycles. The van der Waals surface area contributed by atoms with Gasteiger partial charge in [0.1, 0.15) is 10.8 Å². The molecule has 0 aliphatic rings. The average Bonchev–Trinajstić information content (AvgIpc) is 2.23. The van der Waals surface area contributed by atoms with E-state index in [1.165, 1.54) is 6.92 Å². The van der Waals surface area contributed by atoms with E-state index in [0.29, 0.717) is 29.5 Å². The van der Waals surface area contributed by atoms with Crippen LogP contribution >= 0.6 is 12.2 Å². The highest BCUT2D eigenvalue weighted by Crippen LogP contribution is 2.12. The van der Waals surface area contributed by atoms with Crippen LogP contribution in [0.25, 0.3) is 0 Å². The van der Waals surface area contributed by atoms with Crippen molar-refractivity contribution in [1.82, 2.24) is 10.3 Å². The molecule has 0 radical (unpaired) electrons. The van der Waals surface area contributed by atoms with E-state index in [1.54, 1.807) is 0 Å². The van der Waals surface area contributed by atoms with Gasteiger partial charge in [0.2, 0.25) is 5.91 Å². The second-order valence-electron chi connectivity index (χ2n) is 3.62. The zero-order valence-electron chi connectivity index (χ0n) is 9.91.